The van der Waals surface area contributed by atoms with Crippen molar-refractivity contribution in [1.29, 1.82) is 0 Å². The predicted molar refractivity (Wildman–Crippen MR) is 90.6 cm³/mol. The number of nitrogens with one attached hydrogen (secondary N) is 1. The number of rotatable bonds is 7. The van der Waals surface area contributed by atoms with Gasteiger partial charge in [-0.2, -0.15) is 0 Å². The van der Waals surface area contributed by atoms with Crippen LogP contribution in [0.5, 0.6) is 0 Å². The van der Waals surface area contributed by atoms with E-state index in [2.05, 4.69) is 61.4 Å². The van der Waals surface area contributed by atoms with Crippen LogP contribution in [0.25, 0.3) is 0 Å². The van der Waals surface area contributed by atoms with Crippen LogP contribution < -0.4 is 10.2 Å². The van der Waals surface area contributed by atoms with Gasteiger partial charge in [0.05, 0.1) is 0 Å². The first-order valence-corrected chi connectivity index (χ1v) is 7.67. The van der Waals surface area contributed by atoms with E-state index in [4.69, 9.17) is 0 Å². The molecule has 0 fully saturated rings. The molecule has 0 radical (unpaired) electrons. The summed E-state index contributed by atoms with van der Waals surface area (Å²) in [5, 5.41) is 3.44. The lowest BCUT2D eigenvalue weighted by molar-refractivity contribution is 0.510. The quantitative estimate of drug-likeness (QED) is 0.782. The van der Waals surface area contributed by atoms with Gasteiger partial charge in [-0.3, -0.25) is 0 Å². The van der Waals surface area contributed by atoms with Crippen LogP contribution in [0.2, 0.25) is 0 Å². The van der Waals surface area contributed by atoms with Gasteiger partial charge in [0.2, 0.25) is 5.95 Å². The average molecular weight is 290 g/mol. The van der Waals surface area contributed by atoms with Gasteiger partial charge < -0.3 is 10.2 Å². The molecule has 1 N–H and O–H groups in total. The number of aryl methyl sites for hydroxylation is 1. The van der Waals surface area contributed by atoms with Gasteiger partial charge in [0.15, 0.2) is 0 Å². The molecule has 0 saturated carbocycles. The van der Waals surface area contributed by atoms with Gasteiger partial charge in [-0.05, 0) is 40.2 Å². The minimum Gasteiger partial charge on any atom is -0.332 e. The van der Waals surface area contributed by atoms with Crippen LogP contribution in [0.1, 0.15) is 45.9 Å². The summed E-state index contributed by atoms with van der Waals surface area (Å²) >= 11 is 0. The van der Waals surface area contributed by atoms with Crippen molar-refractivity contribution in [3.63, 3.8) is 0 Å². The van der Waals surface area contributed by atoms with Crippen molar-refractivity contribution in [3.8, 4) is 0 Å². The van der Waals surface area contributed by atoms with Gasteiger partial charge in [0.1, 0.15) is 0 Å². The second kappa shape index (κ2) is 7.55. The van der Waals surface area contributed by atoms with E-state index in [1.54, 1.807) is 0 Å². The molecule has 118 valence electrons. The van der Waals surface area contributed by atoms with E-state index < -0.39 is 0 Å². The highest BCUT2D eigenvalue weighted by molar-refractivity contribution is 5.37. The van der Waals surface area contributed by atoms with Gasteiger partial charge in [0, 0.05) is 36.1 Å². The van der Waals surface area contributed by atoms with Crippen molar-refractivity contribution in [1.82, 2.24) is 15.3 Å². The topological polar surface area (TPSA) is 41.1 Å². The highest BCUT2D eigenvalue weighted by Gasteiger charge is 2.23. The summed E-state index contributed by atoms with van der Waals surface area (Å²) < 4.78 is 0. The molecule has 1 rings (SSSR count). The molecule has 4 nitrogen and oxygen atoms in total. The Morgan fingerprint density at radius 2 is 2.05 bits per heavy atom. The van der Waals surface area contributed by atoms with E-state index in [0.717, 1.165) is 36.8 Å². The molecule has 1 aromatic rings. The molecule has 0 aliphatic carbocycles. The SMILES string of the molecule is C=CCN(c1ncc(CNCC(C)C)c(C)n1)C(C)(C)C. The first kappa shape index (κ1) is 17.6. The Kier molecular flexibility index (Phi) is 6.34. The Balaban J connectivity index is 2.87. The van der Waals surface area contributed by atoms with Crippen LogP contribution in [0, 0.1) is 12.8 Å². The molecule has 0 unspecified atom stereocenters. The fraction of sp³-hybridized carbons (Fsp3) is 0.647. The lowest BCUT2D eigenvalue weighted by atomic mass is 10.1. The average Bonchev–Trinajstić information content (AvgIpc) is 2.36. The number of anilines is 1. The molecular weight excluding hydrogens is 260 g/mol. The van der Waals surface area contributed by atoms with E-state index in [0.29, 0.717) is 5.92 Å². The molecular formula is C17H30N4. The minimum atomic E-state index is -0.0297. The third-order valence-corrected chi connectivity index (χ3v) is 3.30. The monoisotopic (exact) mass is 290 g/mol. The fourth-order valence-corrected chi connectivity index (χ4v) is 2.06. The molecule has 4 heteroatoms. The minimum absolute atomic E-state index is 0.0297. The van der Waals surface area contributed by atoms with Crippen LogP contribution >= 0.6 is 0 Å². The number of aromatic nitrogens is 2. The Morgan fingerprint density at radius 1 is 1.38 bits per heavy atom. The van der Waals surface area contributed by atoms with Crippen LogP contribution in [-0.2, 0) is 6.54 Å². The first-order valence-electron chi connectivity index (χ1n) is 7.67. The molecule has 0 bridgehead atoms. The summed E-state index contributed by atoms with van der Waals surface area (Å²) in [4.78, 5) is 11.4. The van der Waals surface area contributed by atoms with E-state index in [1.807, 2.05) is 19.2 Å². The maximum Gasteiger partial charge on any atom is 0.226 e. The van der Waals surface area contributed by atoms with Crippen LogP contribution in [0.3, 0.4) is 0 Å². The fourth-order valence-electron chi connectivity index (χ4n) is 2.06. The summed E-state index contributed by atoms with van der Waals surface area (Å²) in [7, 11) is 0. The lowest BCUT2D eigenvalue weighted by Gasteiger charge is -2.35. The van der Waals surface area contributed by atoms with Gasteiger partial charge >= 0.3 is 0 Å². The van der Waals surface area contributed by atoms with E-state index in [1.165, 1.54) is 0 Å². The van der Waals surface area contributed by atoms with Gasteiger partial charge in [-0.25, -0.2) is 9.97 Å². The zero-order valence-corrected chi connectivity index (χ0v) is 14.4. The van der Waals surface area contributed by atoms with Crippen molar-refractivity contribution in [2.75, 3.05) is 18.0 Å². The van der Waals surface area contributed by atoms with Crippen molar-refractivity contribution in [3.05, 3.63) is 30.1 Å². The summed E-state index contributed by atoms with van der Waals surface area (Å²) in [6, 6.07) is 0. The van der Waals surface area contributed by atoms with E-state index >= 15 is 0 Å². The zero-order valence-electron chi connectivity index (χ0n) is 14.4. The van der Waals surface area contributed by atoms with Crippen molar-refractivity contribution in [2.45, 2.75) is 53.6 Å². The van der Waals surface area contributed by atoms with Gasteiger partial charge in [-0.1, -0.05) is 19.9 Å². The maximum absolute atomic E-state index is 4.68. The second-order valence-corrected chi connectivity index (χ2v) is 6.88. The van der Waals surface area contributed by atoms with Crippen molar-refractivity contribution < 1.29 is 0 Å². The lowest BCUT2D eigenvalue weighted by Crippen LogP contribution is -2.42. The molecule has 0 aliphatic heterocycles. The largest absolute Gasteiger partial charge is 0.332 e. The summed E-state index contributed by atoms with van der Waals surface area (Å²) in [5.74, 6) is 1.42. The van der Waals surface area contributed by atoms with Crippen LogP contribution in [-0.4, -0.2) is 28.6 Å². The van der Waals surface area contributed by atoms with E-state index in [-0.39, 0.29) is 5.54 Å². The van der Waals surface area contributed by atoms with Crippen molar-refractivity contribution >= 4 is 5.95 Å². The van der Waals surface area contributed by atoms with Crippen LogP contribution in [0.15, 0.2) is 18.9 Å². The van der Waals surface area contributed by atoms with Gasteiger partial charge in [0.25, 0.3) is 0 Å². The maximum atomic E-state index is 4.68. The zero-order chi connectivity index (χ0) is 16.0. The number of hydrogen-bond acceptors (Lipinski definition) is 4. The molecule has 1 aromatic heterocycles. The molecule has 0 amide bonds. The summed E-state index contributed by atoms with van der Waals surface area (Å²) in [6.45, 7) is 19.3. The van der Waals surface area contributed by atoms with Crippen molar-refractivity contribution in [2.24, 2.45) is 5.92 Å². The third kappa shape index (κ3) is 5.46. The highest BCUT2D eigenvalue weighted by atomic mass is 15.3. The second-order valence-electron chi connectivity index (χ2n) is 6.88. The van der Waals surface area contributed by atoms with Crippen LogP contribution in [0.4, 0.5) is 5.95 Å². The predicted octanol–water partition coefficient (Wildman–Crippen LogP) is 3.32. The Labute approximate surface area is 129 Å². The Morgan fingerprint density at radius 3 is 2.52 bits per heavy atom. The summed E-state index contributed by atoms with van der Waals surface area (Å²) in [5.41, 5.74) is 2.17. The smallest absolute Gasteiger partial charge is 0.226 e. The Bertz CT molecular complexity index is 460. The molecule has 1 heterocycles. The van der Waals surface area contributed by atoms with Gasteiger partial charge in [-0.15, -0.1) is 6.58 Å². The third-order valence-electron chi connectivity index (χ3n) is 3.30. The molecule has 0 saturated heterocycles. The number of nitrogens with zero attached hydrogens (tertiary/aromatic N) is 3. The Hall–Kier alpha value is -1.42. The highest BCUT2D eigenvalue weighted by Crippen LogP contribution is 2.20. The summed E-state index contributed by atoms with van der Waals surface area (Å²) in [6.07, 6.45) is 3.83. The molecule has 0 aromatic carbocycles. The molecule has 0 atom stereocenters. The normalized spacial score (nSPS) is 11.8. The van der Waals surface area contributed by atoms with E-state index in [9.17, 15) is 0 Å². The molecule has 0 spiro atoms. The number of hydrogen-bond donors (Lipinski definition) is 1. The first-order chi connectivity index (χ1) is 9.75. The standard InChI is InChI=1S/C17H30N4/c1-8-9-21(17(5,6)7)16-19-12-15(14(4)20-16)11-18-10-13(2)3/h8,12-13,18H,1,9-11H2,2-7H3. The molecule has 21 heavy (non-hydrogen) atoms. The molecule has 0 aliphatic rings.